The fourth-order valence-corrected chi connectivity index (χ4v) is 2.38. The van der Waals surface area contributed by atoms with Crippen molar-refractivity contribution in [3.05, 3.63) is 23.8 Å². The number of hydrogen-bond donors (Lipinski definition) is 2. The summed E-state index contributed by atoms with van der Waals surface area (Å²) in [5.41, 5.74) is 2.33. The summed E-state index contributed by atoms with van der Waals surface area (Å²) in [7, 11) is 0. The van der Waals surface area contributed by atoms with Gasteiger partial charge in [0.15, 0.2) is 6.10 Å². The standard InChI is InChI=1S/C15H20N2O2/c1-10(15(18)17-11-7-8-11)19-14-6-2-5-13-12(14)4-3-9-16-13/h2,5-6,10-11,16H,3-4,7-9H2,1H3,(H,17,18). The molecular weight excluding hydrogens is 240 g/mol. The van der Waals surface area contributed by atoms with E-state index in [9.17, 15) is 4.79 Å². The molecule has 0 bridgehead atoms. The van der Waals surface area contributed by atoms with Gasteiger partial charge in [0, 0.05) is 23.8 Å². The third-order valence-corrected chi connectivity index (χ3v) is 3.65. The van der Waals surface area contributed by atoms with Gasteiger partial charge in [-0.05, 0) is 44.7 Å². The Morgan fingerprint density at radius 3 is 3.11 bits per heavy atom. The van der Waals surface area contributed by atoms with E-state index in [1.54, 1.807) is 0 Å². The third-order valence-electron chi connectivity index (χ3n) is 3.65. The quantitative estimate of drug-likeness (QED) is 0.871. The lowest BCUT2D eigenvalue weighted by molar-refractivity contribution is -0.127. The number of hydrogen-bond acceptors (Lipinski definition) is 3. The Morgan fingerprint density at radius 2 is 2.32 bits per heavy atom. The SMILES string of the molecule is CC(Oc1cccc2c1CCCN2)C(=O)NC1CC1. The predicted octanol–water partition coefficient (Wildman–Crippen LogP) is 2.09. The Hall–Kier alpha value is -1.71. The minimum absolute atomic E-state index is 0.0103. The van der Waals surface area contributed by atoms with E-state index in [0.29, 0.717) is 6.04 Å². The second kappa shape index (κ2) is 5.11. The molecule has 4 heteroatoms. The summed E-state index contributed by atoms with van der Waals surface area (Å²) >= 11 is 0. The van der Waals surface area contributed by atoms with Crippen LogP contribution in [-0.2, 0) is 11.2 Å². The Bertz CT molecular complexity index is 483. The molecule has 1 unspecified atom stereocenters. The van der Waals surface area contributed by atoms with Crippen LogP contribution in [0, 0.1) is 0 Å². The molecule has 1 heterocycles. The Kier molecular flexibility index (Phi) is 3.32. The molecule has 1 aliphatic carbocycles. The zero-order valence-electron chi connectivity index (χ0n) is 11.2. The second-order valence-electron chi connectivity index (χ2n) is 5.36. The van der Waals surface area contributed by atoms with Crippen molar-refractivity contribution in [1.29, 1.82) is 0 Å². The molecule has 0 saturated heterocycles. The number of fused-ring (bicyclic) bond motifs is 1. The summed E-state index contributed by atoms with van der Waals surface area (Å²) in [4.78, 5) is 11.9. The van der Waals surface area contributed by atoms with Gasteiger partial charge >= 0.3 is 0 Å². The van der Waals surface area contributed by atoms with E-state index in [1.165, 1.54) is 5.56 Å². The number of carbonyl (C=O) groups is 1. The third kappa shape index (κ3) is 2.83. The Morgan fingerprint density at radius 1 is 1.47 bits per heavy atom. The van der Waals surface area contributed by atoms with Crippen molar-refractivity contribution < 1.29 is 9.53 Å². The van der Waals surface area contributed by atoms with E-state index in [0.717, 1.165) is 43.7 Å². The number of anilines is 1. The molecule has 1 fully saturated rings. The molecular formula is C15H20N2O2. The van der Waals surface area contributed by atoms with Gasteiger partial charge in [0.2, 0.25) is 0 Å². The minimum atomic E-state index is -0.436. The maximum atomic E-state index is 11.9. The average Bonchev–Trinajstić information content (AvgIpc) is 3.23. The molecule has 2 N–H and O–H groups in total. The van der Waals surface area contributed by atoms with Gasteiger partial charge in [-0.15, -0.1) is 0 Å². The normalized spacial score (nSPS) is 19.0. The van der Waals surface area contributed by atoms with Crippen LogP contribution in [0.1, 0.15) is 31.7 Å². The van der Waals surface area contributed by atoms with Gasteiger partial charge in [0.05, 0.1) is 0 Å². The highest BCUT2D eigenvalue weighted by Crippen LogP contribution is 2.31. The molecule has 102 valence electrons. The molecule has 1 aromatic carbocycles. The number of nitrogens with one attached hydrogen (secondary N) is 2. The van der Waals surface area contributed by atoms with Crippen LogP contribution in [0.5, 0.6) is 5.75 Å². The Labute approximate surface area is 113 Å². The Balaban J connectivity index is 1.69. The van der Waals surface area contributed by atoms with E-state index in [1.807, 2.05) is 19.1 Å². The molecule has 0 spiro atoms. The highest BCUT2D eigenvalue weighted by molar-refractivity contribution is 5.81. The molecule has 1 saturated carbocycles. The van der Waals surface area contributed by atoms with Crippen LogP contribution in [0.3, 0.4) is 0 Å². The first-order valence-corrected chi connectivity index (χ1v) is 7.07. The van der Waals surface area contributed by atoms with Gasteiger partial charge in [-0.3, -0.25) is 4.79 Å². The van der Waals surface area contributed by atoms with Crippen LogP contribution in [0.2, 0.25) is 0 Å². The zero-order chi connectivity index (χ0) is 13.2. The van der Waals surface area contributed by atoms with Crippen molar-refractivity contribution in [2.45, 2.75) is 44.8 Å². The molecule has 4 nitrogen and oxygen atoms in total. The smallest absolute Gasteiger partial charge is 0.260 e. The molecule has 1 aliphatic heterocycles. The number of carbonyl (C=O) groups excluding carboxylic acids is 1. The molecule has 3 rings (SSSR count). The predicted molar refractivity (Wildman–Crippen MR) is 74.5 cm³/mol. The maximum absolute atomic E-state index is 11.9. The van der Waals surface area contributed by atoms with Crippen LogP contribution < -0.4 is 15.4 Å². The van der Waals surface area contributed by atoms with Crippen molar-refractivity contribution in [3.8, 4) is 5.75 Å². The van der Waals surface area contributed by atoms with Crippen LogP contribution in [0.4, 0.5) is 5.69 Å². The fraction of sp³-hybridized carbons (Fsp3) is 0.533. The largest absolute Gasteiger partial charge is 0.481 e. The van der Waals surface area contributed by atoms with Gasteiger partial charge in [0.25, 0.3) is 5.91 Å². The summed E-state index contributed by atoms with van der Waals surface area (Å²) in [6.07, 6.45) is 3.88. The number of amides is 1. The van der Waals surface area contributed by atoms with E-state index >= 15 is 0 Å². The molecule has 2 aliphatic rings. The first kappa shape index (κ1) is 12.3. The van der Waals surface area contributed by atoms with Crippen molar-refractivity contribution in [2.75, 3.05) is 11.9 Å². The van der Waals surface area contributed by atoms with E-state index in [-0.39, 0.29) is 5.91 Å². The molecule has 1 atom stereocenters. The summed E-state index contributed by atoms with van der Waals surface area (Å²) in [6, 6.07) is 6.37. The van der Waals surface area contributed by atoms with E-state index < -0.39 is 6.10 Å². The fourth-order valence-electron chi connectivity index (χ4n) is 2.38. The molecule has 1 aromatic rings. The molecule has 1 amide bonds. The van der Waals surface area contributed by atoms with Crippen LogP contribution >= 0.6 is 0 Å². The lowest BCUT2D eigenvalue weighted by atomic mass is 10.0. The van der Waals surface area contributed by atoms with Crippen molar-refractivity contribution >= 4 is 11.6 Å². The second-order valence-corrected chi connectivity index (χ2v) is 5.36. The van der Waals surface area contributed by atoms with Gasteiger partial charge in [-0.2, -0.15) is 0 Å². The van der Waals surface area contributed by atoms with Crippen LogP contribution in [0.15, 0.2) is 18.2 Å². The van der Waals surface area contributed by atoms with Crippen LogP contribution in [-0.4, -0.2) is 24.6 Å². The summed E-state index contributed by atoms with van der Waals surface area (Å²) < 4.78 is 5.85. The number of ether oxygens (including phenoxy) is 1. The van der Waals surface area contributed by atoms with Crippen LogP contribution in [0.25, 0.3) is 0 Å². The highest BCUT2D eigenvalue weighted by Gasteiger charge is 2.27. The lowest BCUT2D eigenvalue weighted by Crippen LogP contribution is -2.37. The van der Waals surface area contributed by atoms with Gasteiger partial charge in [0.1, 0.15) is 5.75 Å². The minimum Gasteiger partial charge on any atom is -0.481 e. The molecule has 19 heavy (non-hydrogen) atoms. The molecule has 0 aromatic heterocycles. The average molecular weight is 260 g/mol. The number of benzene rings is 1. The van der Waals surface area contributed by atoms with Crippen molar-refractivity contribution in [3.63, 3.8) is 0 Å². The first-order chi connectivity index (χ1) is 9.24. The lowest BCUT2D eigenvalue weighted by Gasteiger charge is -2.23. The van der Waals surface area contributed by atoms with Crippen molar-refractivity contribution in [2.24, 2.45) is 0 Å². The summed E-state index contributed by atoms with van der Waals surface area (Å²) in [6.45, 7) is 2.82. The van der Waals surface area contributed by atoms with E-state index in [4.69, 9.17) is 4.74 Å². The van der Waals surface area contributed by atoms with Gasteiger partial charge < -0.3 is 15.4 Å². The summed E-state index contributed by atoms with van der Waals surface area (Å²) in [5.74, 6) is 0.826. The van der Waals surface area contributed by atoms with Gasteiger partial charge in [-0.1, -0.05) is 6.07 Å². The number of rotatable bonds is 4. The molecule has 0 radical (unpaired) electrons. The van der Waals surface area contributed by atoms with E-state index in [2.05, 4.69) is 16.7 Å². The zero-order valence-corrected chi connectivity index (χ0v) is 11.2. The topological polar surface area (TPSA) is 50.4 Å². The first-order valence-electron chi connectivity index (χ1n) is 7.07. The monoisotopic (exact) mass is 260 g/mol. The highest BCUT2D eigenvalue weighted by atomic mass is 16.5. The maximum Gasteiger partial charge on any atom is 0.260 e. The van der Waals surface area contributed by atoms with Crippen molar-refractivity contribution in [1.82, 2.24) is 5.32 Å². The summed E-state index contributed by atoms with van der Waals surface area (Å²) in [5, 5.41) is 6.34. The van der Waals surface area contributed by atoms with Gasteiger partial charge in [-0.25, -0.2) is 0 Å².